The number of hydrogen-bond donors (Lipinski definition) is 2. The molecule has 3 N–H and O–H groups in total. The van der Waals surface area contributed by atoms with E-state index < -0.39 is 5.91 Å². The smallest absolute Gasteiger partial charge is 0.269 e. The van der Waals surface area contributed by atoms with E-state index in [-0.39, 0.29) is 5.69 Å². The van der Waals surface area contributed by atoms with Gasteiger partial charge in [0.1, 0.15) is 0 Å². The molecule has 2 rings (SSSR count). The number of primary amides is 1. The summed E-state index contributed by atoms with van der Waals surface area (Å²) >= 11 is 0. The number of aromatic amines is 1. The summed E-state index contributed by atoms with van der Waals surface area (Å²) in [6.07, 6.45) is 2.88. The summed E-state index contributed by atoms with van der Waals surface area (Å²) in [5.41, 5.74) is 8.41. The van der Waals surface area contributed by atoms with Gasteiger partial charge in [0.05, 0.1) is 18.0 Å². The third kappa shape index (κ3) is 2.05. The summed E-state index contributed by atoms with van der Waals surface area (Å²) < 4.78 is 0. The van der Waals surface area contributed by atoms with E-state index in [9.17, 15) is 4.79 Å². The van der Waals surface area contributed by atoms with E-state index in [2.05, 4.69) is 10.2 Å². The lowest BCUT2D eigenvalue weighted by Crippen LogP contribution is -2.11. The number of carbonyl (C=O) groups excluding carboxylic acids is 1. The lowest BCUT2D eigenvalue weighted by atomic mass is 10.0. The molecule has 5 nitrogen and oxygen atoms in total. The zero-order chi connectivity index (χ0) is 13.1. The molecule has 0 fully saturated rings. The maximum absolute atomic E-state index is 11.3. The predicted octanol–water partition coefficient (Wildman–Crippen LogP) is 1.49. The number of hydrogen-bond acceptors (Lipinski definition) is 3. The normalized spacial score (nSPS) is 10.4. The summed E-state index contributed by atoms with van der Waals surface area (Å²) in [5, 5.41) is 16.1. The number of H-pyrrole nitrogens is 1. The highest BCUT2D eigenvalue weighted by molar-refractivity contribution is 6.04. The number of fused-ring (bicyclic) bond motifs is 1. The van der Waals surface area contributed by atoms with Gasteiger partial charge in [-0.3, -0.25) is 9.89 Å². The Balaban J connectivity index is 2.60. The molecule has 2 aromatic rings. The largest absolute Gasteiger partial charge is 0.364 e. The minimum atomic E-state index is -0.551. The average molecular weight is 241 g/mol. The Labute approximate surface area is 105 Å². The molecule has 0 saturated carbocycles. The lowest BCUT2D eigenvalue weighted by molar-refractivity contribution is 0.0997. The first-order valence-corrected chi connectivity index (χ1v) is 5.68. The van der Waals surface area contributed by atoms with Crippen molar-refractivity contribution in [3.8, 4) is 6.07 Å². The molecule has 1 radical (unpaired) electrons. The van der Waals surface area contributed by atoms with Gasteiger partial charge in [0.15, 0.2) is 5.69 Å². The highest BCUT2D eigenvalue weighted by Crippen LogP contribution is 2.23. The SMILES string of the molecule is CCc1cc(C[CH]C#N)cc2c(C(N)=O)n[nH]c12. The van der Waals surface area contributed by atoms with Crippen molar-refractivity contribution < 1.29 is 4.79 Å². The second-order valence-electron chi connectivity index (χ2n) is 4.00. The predicted molar refractivity (Wildman–Crippen MR) is 67.6 cm³/mol. The van der Waals surface area contributed by atoms with E-state index in [0.717, 1.165) is 28.5 Å². The Morgan fingerprint density at radius 2 is 2.39 bits per heavy atom. The second-order valence-corrected chi connectivity index (χ2v) is 4.00. The molecular weight excluding hydrogens is 228 g/mol. The van der Waals surface area contributed by atoms with Crippen LogP contribution < -0.4 is 5.73 Å². The first kappa shape index (κ1) is 12.1. The van der Waals surface area contributed by atoms with Crippen LogP contribution in [0.25, 0.3) is 10.9 Å². The lowest BCUT2D eigenvalue weighted by Gasteiger charge is -2.04. The fraction of sp³-hybridized carbons (Fsp3) is 0.231. The van der Waals surface area contributed by atoms with Crippen LogP contribution in [0.1, 0.15) is 28.5 Å². The Morgan fingerprint density at radius 1 is 1.61 bits per heavy atom. The molecule has 0 aliphatic rings. The number of nitrogens with zero attached hydrogens (tertiary/aromatic N) is 2. The quantitative estimate of drug-likeness (QED) is 0.848. The van der Waals surface area contributed by atoms with E-state index >= 15 is 0 Å². The van der Waals surface area contributed by atoms with Crippen LogP contribution in [-0.2, 0) is 12.8 Å². The van der Waals surface area contributed by atoms with Gasteiger partial charge in [-0.25, -0.2) is 0 Å². The first-order chi connectivity index (χ1) is 8.67. The summed E-state index contributed by atoms with van der Waals surface area (Å²) in [6.45, 7) is 2.03. The van der Waals surface area contributed by atoms with Crippen LogP contribution in [0.5, 0.6) is 0 Å². The topological polar surface area (TPSA) is 95.6 Å². The number of rotatable bonds is 4. The molecule has 0 spiro atoms. The number of carbonyl (C=O) groups is 1. The summed E-state index contributed by atoms with van der Waals surface area (Å²) in [6, 6.07) is 5.86. The van der Waals surface area contributed by atoms with E-state index in [0.29, 0.717) is 6.42 Å². The van der Waals surface area contributed by atoms with Gasteiger partial charge in [-0.2, -0.15) is 10.4 Å². The molecule has 1 heterocycles. The first-order valence-electron chi connectivity index (χ1n) is 5.68. The average Bonchev–Trinajstić information content (AvgIpc) is 2.79. The van der Waals surface area contributed by atoms with Gasteiger partial charge in [0.25, 0.3) is 5.91 Å². The van der Waals surface area contributed by atoms with Crippen LogP contribution in [-0.4, -0.2) is 16.1 Å². The number of aryl methyl sites for hydroxylation is 1. The van der Waals surface area contributed by atoms with Crippen LogP contribution in [0, 0.1) is 17.8 Å². The van der Waals surface area contributed by atoms with Gasteiger partial charge in [0, 0.05) is 5.39 Å². The summed E-state index contributed by atoms with van der Waals surface area (Å²) in [4.78, 5) is 11.3. The number of nitriles is 1. The molecule has 0 aliphatic heterocycles. The number of benzene rings is 1. The van der Waals surface area contributed by atoms with Crippen molar-refractivity contribution in [3.05, 3.63) is 35.4 Å². The Bertz CT molecular complexity index is 636. The van der Waals surface area contributed by atoms with Gasteiger partial charge < -0.3 is 5.73 Å². The molecule has 1 aromatic carbocycles. The summed E-state index contributed by atoms with van der Waals surface area (Å²) in [5.74, 6) is -0.551. The van der Waals surface area contributed by atoms with Crippen LogP contribution in [0.15, 0.2) is 12.1 Å². The van der Waals surface area contributed by atoms with E-state index in [1.54, 1.807) is 0 Å². The van der Waals surface area contributed by atoms with Crippen molar-refractivity contribution in [2.75, 3.05) is 0 Å². The molecule has 0 unspecified atom stereocenters. The van der Waals surface area contributed by atoms with Gasteiger partial charge in [-0.15, -0.1) is 0 Å². The van der Waals surface area contributed by atoms with Crippen molar-refractivity contribution in [2.45, 2.75) is 19.8 Å². The van der Waals surface area contributed by atoms with Crippen LogP contribution in [0.2, 0.25) is 0 Å². The minimum Gasteiger partial charge on any atom is -0.364 e. The molecule has 1 amide bonds. The number of nitrogens with one attached hydrogen (secondary N) is 1. The maximum Gasteiger partial charge on any atom is 0.269 e. The van der Waals surface area contributed by atoms with Crippen molar-refractivity contribution >= 4 is 16.8 Å². The number of nitrogens with two attached hydrogens (primary N) is 1. The van der Waals surface area contributed by atoms with Gasteiger partial charge in [-0.1, -0.05) is 13.0 Å². The van der Waals surface area contributed by atoms with Gasteiger partial charge in [0.2, 0.25) is 0 Å². The monoisotopic (exact) mass is 241 g/mol. The summed E-state index contributed by atoms with van der Waals surface area (Å²) in [7, 11) is 0. The Kier molecular flexibility index (Phi) is 3.28. The highest BCUT2D eigenvalue weighted by atomic mass is 16.1. The molecular formula is C13H13N4O. The zero-order valence-corrected chi connectivity index (χ0v) is 10.0. The molecule has 0 bridgehead atoms. The van der Waals surface area contributed by atoms with Crippen LogP contribution in [0.4, 0.5) is 0 Å². The molecule has 5 heteroatoms. The molecule has 91 valence electrons. The van der Waals surface area contributed by atoms with Crippen molar-refractivity contribution in [3.63, 3.8) is 0 Å². The molecule has 1 aromatic heterocycles. The molecule has 0 aliphatic carbocycles. The number of amides is 1. The molecule has 18 heavy (non-hydrogen) atoms. The maximum atomic E-state index is 11.3. The standard InChI is InChI=1S/C13H13N4O/c1-2-9-6-8(4-3-5-14)7-10-11(9)16-17-12(10)13(15)18/h3,6-7H,2,4H2,1H3,(H2,15,18)(H,16,17). The third-order valence-corrected chi connectivity index (χ3v) is 2.86. The van der Waals surface area contributed by atoms with Crippen LogP contribution >= 0.6 is 0 Å². The fourth-order valence-corrected chi connectivity index (χ4v) is 2.01. The number of aromatic nitrogens is 2. The van der Waals surface area contributed by atoms with E-state index in [1.807, 2.05) is 25.1 Å². The zero-order valence-electron chi connectivity index (χ0n) is 10.0. The van der Waals surface area contributed by atoms with E-state index in [1.165, 1.54) is 6.42 Å². The van der Waals surface area contributed by atoms with Crippen molar-refractivity contribution in [1.82, 2.24) is 10.2 Å². The minimum absolute atomic E-state index is 0.249. The Morgan fingerprint density at radius 3 is 3.00 bits per heavy atom. The van der Waals surface area contributed by atoms with Crippen molar-refractivity contribution in [2.24, 2.45) is 5.73 Å². The highest BCUT2D eigenvalue weighted by Gasteiger charge is 2.14. The Hall–Kier alpha value is -2.35. The van der Waals surface area contributed by atoms with Gasteiger partial charge >= 0.3 is 0 Å². The third-order valence-electron chi connectivity index (χ3n) is 2.86. The van der Waals surface area contributed by atoms with Crippen LogP contribution in [0.3, 0.4) is 0 Å². The second kappa shape index (κ2) is 4.88. The fourth-order valence-electron chi connectivity index (χ4n) is 2.01. The molecule has 0 saturated heterocycles. The van der Waals surface area contributed by atoms with Crippen molar-refractivity contribution in [1.29, 1.82) is 5.26 Å². The van der Waals surface area contributed by atoms with Gasteiger partial charge in [-0.05, 0) is 30.0 Å². The molecule has 0 atom stereocenters. The van der Waals surface area contributed by atoms with E-state index in [4.69, 9.17) is 11.0 Å².